The zero-order chi connectivity index (χ0) is 12.3. The van der Waals surface area contributed by atoms with Gasteiger partial charge in [0.2, 0.25) is 5.95 Å². The van der Waals surface area contributed by atoms with Crippen molar-refractivity contribution < 1.29 is 0 Å². The van der Waals surface area contributed by atoms with Gasteiger partial charge in [-0.2, -0.15) is 4.98 Å². The Morgan fingerprint density at radius 1 is 1.12 bits per heavy atom. The van der Waals surface area contributed by atoms with E-state index in [1.165, 1.54) is 0 Å². The Morgan fingerprint density at radius 3 is 2.47 bits per heavy atom. The van der Waals surface area contributed by atoms with E-state index in [-0.39, 0.29) is 0 Å². The molecule has 0 radical (unpaired) electrons. The maximum absolute atomic E-state index is 5.91. The fraction of sp³-hybridized carbons (Fsp3) is 0.0909. The predicted molar refractivity (Wildman–Crippen MR) is 71.3 cm³/mol. The van der Waals surface area contributed by atoms with Crippen LogP contribution in [0.3, 0.4) is 0 Å². The first-order valence-electron chi connectivity index (χ1n) is 4.91. The first-order chi connectivity index (χ1) is 8.17. The fourth-order valence-electron chi connectivity index (χ4n) is 1.32. The van der Waals surface area contributed by atoms with Crippen molar-refractivity contribution in [2.24, 2.45) is 0 Å². The summed E-state index contributed by atoms with van der Waals surface area (Å²) in [6.45, 7) is 0. The second-order valence-electron chi connectivity index (χ2n) is 3.30. The molecule has 0 aliphatic carbocycles. The predicted octanol–water partition coefficient (Wildman–Crippen LogP) is 3.57. The van der Waals surface area contributed by atoms with E-state index in [9.17, 15) is 0 Å². The van der Waals surface area contributed by atoms with E-state index in [2.05, 4.69) is 20.6 Å². The van der Waals surface area contributed by atoms with Crippen LogP contribution >= 0.6 is 23.2 Å². The monoisotopic (exact) mass is 268 g/mol. The summed E-state index contributed by atoms with van der Waals surface area (Å²) in [5, 5.41) is 7.11. The van der Waals surface area contributed by atoms with Crippen LogP contribution < -0.4 is 10.6 Å². The summed E-state index contributed by atoms with van der Waals surface area (Å²) in [4.78, 5) is 8.25. The van der Waals surface area contributed by atoms with Crippen molar-refractivity contribution in [3.63, 3.8) is 0 Å². The van der Waals surface area contributed by atoms with Crippen molar-refractivity contribution in [3.05, 3.63) is 40.5 Å². The van der Waals surface area contributed by atoms with Gasteiger partial charge in [0.1, 0.15) is 5.82 Å². The van der Waals surface area contributed by atoms with Crippen LogP contribution in [0.4, 0.5) is 17.5 Å². The quantitative estimate of drug-likeness (QED) is 0.894. The molecule has 17 heavy (non-hydrogen) atoms. The molecule has 2 N–H and O–H groups in total. The van der Waals surface area contributed by atoms with Gasteiger partial charge in [-0.15, -0.1) is 0 Å². The second-order valence-corrected chi connectivity index (χ2v) is 4.17. The second kappa shape index (κ2) is 5.21. The van der Waals surface area contributed by atoms with Crippen molar-refractivity contribution in [2.75, 3.05) is 17.7 Å². The lowest BCUT2D eigenvalue weighted by molar-refractivity contribution is 1.15. The lowest BCUT2D eigenvalue weighted by atomic mass is 10.3. The first kappa shape index (κ1) is 12.0. The van der Waals surface area contributed by atoms with Gasteiger partial charge in [-0.25, -0.2) is 4.98 Å². The van der Waals surface area contributed by atoms with Crippen LogP contribution in [0.2, 0.25) is 10.0 Å². The molecule has 1 heterocycles. The molecular weight excluding hydrogens is 259 g/mol. The normalized spacial score (nSPS) is 10.1. The van der Waals surface area contributed by atoms with Gasteiger partial charge in [0.15, 0.2) is 0 Å². The lowest BCUT2D eigenvalue weighted by Crippen LogP contribution is -1.99. The number of hydrogen-bond acceptors (Lipinski definition) is 4. The number of halogens is 2. The number of nitrogens with zero attached hydrogens (tertiary/aromatic N) is 2. The smallest absolute Gasteiger partial charge is 0.224 e. The van der Waals surface area contributed by atoms with Gasteiger partial charge >= 0.3 is 0 Å². The van der Waals surface area contributed by atoms with Gasteiger partial charge in [-0.1, -0.05) is 23.2 Å². The molecule has 0 aliphatic heterocycles. The van der Waals surface area contributed by atoms with Crippen molar-refractivity contribution in [3.8, 4) is 0 Å². The minimum absolute atomic E-state index is 0.545. The van der Waals surface area contributed by atoms with Gasteiger partial charge in [-0.05, 0) is 24.3 Å². The van der Waals surface area contributed by atoms with Gasteiger partial charge in [0.25, 0.3) is 0 Å². The van der Waals surface area contributed by atoms with E-state index in [0.29, 0.717) is 21.8 Å². The molecule has 4 nitrogen and oxygen atoms in total. The molecule has 0 saturated heterocycles. The van der Waals surface area contributed by atoms with E-state index in [1.54, 1.807) is 37.5 Å². The van der Waals surface area contributed by atoms with E-state index in [4.69, 9.17) is 23.2 Å². The molecule has 0 aliphatic rings. The molecule has 0 atom stereocenters. The highest BCUT2D eigenvalue weighted by atomic mass is 35.5. The van der Waals surface area contributed by atoms with Crippen molar-refractivity contribution in [1.29, 1.82) is 0 Å². The van der Waals surface area contributed by atoms with Crippen molar-refractivity contribution >= 4 is 40.7 Å². The average molecular weight is 269 g/mol. The highest BCUT2D eigenvalue weighted by Gasteiger charge is 2.01. The minimum atomic E-state index is 0.545. The molecule has 2 aromatic rings. The largest absolute Gasteiger partial charge is 0.357 e. The van der Waals surface area contributed by atoms with Crippen LogP contribution in [0.5, 0.6) is 0 Å². The van der Waals surface area contributed by atoms with Crippen LogP contribution in [-0.4, -0.2) is 17.0 Å². The summed E-state index contributed by atoms with van der Waals surface area (Å²) in [7, 11) is 1.76. The van der Waals surface area contributed by atoms with Crippen LogP contribution in [0, 0.1) is 0 Å². The standard InChI is InChI=1S/C11H10Cl2N4/c1-14-11-15-3-2-10(17-11)16-9-5-7(12)4-8(13)6-9/h2-6H,1H3,(H2,14,15,16,17). The molecule has 0 unspecified atom stereocenters. The SMILES string of the molecule is CNc1nccc(Nc2cc(Cl)cc(Cl)c2)n1. The van der Waals surface area contributed by atoms with Gasteiger partial charge in [-0.3, -0.25) is 0 Å². The Hall–Kier alpha value is -1.52. The molecule has 0 amide bonds. The summed E-state index contributed by atoms with van der Waals surface area (Å²) in [5.74, 6) is 1.21. The zero-order valence-corrected chi connectivity index (χ0v) is 10.5. The van der Waals surface area contributed by atoms with Gasteiger partial charge in [0, 0.05) is 29.0 Å². The van der Waals surface area contributed by atoms with E-state index in [1.807, 2.05) is 0 Å². The molecule has 0 fully saturated rings. The Bertz CT molecular complexity index is 510. The Kier molecular flexibility index (Phi) is 3.66. The van der Waals surface area contributed by atoms with Gasteiger partial charge in [0.05, 0.1) is 0 Å². The number of aromatic nitrogens is 2. The Morgan fingerprint density at radius 2 is 1.82 bits per heavy atom. The zero-order valence-electron chi connectivity index (χ0n) is 9.04. The Balaban J connectivity index is 2.24. The molecule has 1 aromatic heterocycles. The molecule has 0 spiro atoms. The third-order valence-corrected chi connectivity index (χ3v) is 2.45. The molecule has 1 aromatic carbocycles. The summed E-state index contributed by atoms with van der Waals surface area (Å²) in [6.07, 6.45) is 1.66. The average Bonchev–Trinajstić information content (AvgIpc) is 2.28. The first-order valence-corrected chi connectivity index (χ1v) is 5.67. The number of benzene rings is 1. The number of hydrogen-bond donors (Lipinski definition) is 2. The molecule has 2 rings (SSSR count). The minimum Gasteiger partial charge on any atom is -0.357 e. The van der Waals surface area contributed by atoms with E-state index >= 15 is 0 Å². The summed E-state index contributed by atoms with van der Waals surface area (Å²) in [5.41, 5.74) is 0.781. The van der Waals surface area contributed by atoms with Crippen LogP contribution in [0.25, 0.3) is 0 Å². The molecule has 88 valence electrons. The summed E-state index contributed by atoms with van der Waals surface area (Å²) < 4.78 is 0. The van der Waals surface area contributed by atoms with Crippen molar-refractivity contribution in [2.45, 2.75) is 0 Å². The van der Waals surface area contributed by atoms with Gasteiger partial charge < -0.3 is 10.6 Å². The third-order valence-electron chi connectivity index (χ3n) is 2.01. The number of rotatable bonds is 3. The van der Waals surface area contributed by atoms with Crippen LogP contribution in [0.15, 0.2) is 30.5 Å². The molecule has 0 saturated carbocycles. The molecule has 6 heteroatoms. The van der Waals surface area contributed by atoms with Crippen molar-refractivity contribution in [1.82, 2.24) is 9.97 Å². The number of anilines is 3. The topological polar surface area (TPSA) is 49.8 Å². The van der Waals surface area contributed by atoms with Crippen LogP contribution in [-0.2, 0) is 0 Å². The summed E-state index contributed by atoms with van der Waals surface area (Å²) in [6, 6.07) is 6.98. The lowest BCUT2D eigenvalue weighted by Gasteiger charge is -2.07. The van der Waals surface area contributed by atoms with E-state index in [0.717, 1.165) is 5.69 Å². The number of nitrogens with one attached hydrogen (secondary N) is 2. The van der Waals surface area contributed by atoms with Crippen LogP contribution in [0.1, 0.15) is 0 Å². The maximum atomic E-state index is 5.91. The highest BCUT2D eigenvalue weighted by Crippen LogP contribution is 2.24. The highest BCUT2D eigenvalue weighted by molar-refractivity contribution is 6.35. The maximum Gasteiger partial charge on any atom is 0.224 e. The fourth-order valence-corrected chi connectivity index (χ4v) is 1.85. The van der Waals surface area contributed by atoms with E-state index < -0.39 is 0 Å². The summed E-state index contributed by atoms with van der Waals surface area (Å²) >= 11 is 11.8. The molecular formula is C11H10Cl2N4. The third kappa shape index (κ3) is 3.22. The molecule has 0 bridgehead atoms. The Labute approximate surface area is 109 Å².